The second kappa shape index (κ2) is 5.80. The molecule has 2 N–H and O–H groups in total. The number of rotatable bonds is 2. The van der Waals surface area contributed by atoms with Gasteiger partial charge < -0.3 is 15.3 Å². The predicted octanol–water partition coefficient (Wildman–Crippen LogP) is 1.93. The molecule has 0 spiro atoms. The summed E-state index contributed by atoms with van der Waals surface area (Å²) in [5, 5.41) is 12.2. The van der Waals surface area contributed by atoms with Crippen molar-refractivity contribution in [3.8, 4) is 0 Å². The van der Waals surface area contributed by atoms with Gasteiger partial charge in [0.25, 0.3) is 0 Å². The fourth-order valence-corrected chi connectivity index (χ4v) is 3.23. The van der Waals surface area contributed by atoms with Gasteiger partial charge in [-0.3, -0.25) is 4.79 Å². The number of hydrogen-bond acceptors (Lipinski definition) is 2. The van der Waals surface area contributed by atoms with Crippen molar-refractivity contribution in [1.29, 1.82) is 0 Å². The third kappa shape index (κ3) is 3.19. The standard InChI is InChI=1S/C14H24N2O3/c1-9-5-3-4-6-12(9)15-14(19)16-7-10(2)11(8-16)13(17)18/h9-12H,3-8H2,1-2H3,(H,15,19)(H,17,18)/t9?,10-,11-,12?/m1/s1. The quantitative estimate of drug-likeness (QED) is 0.804. The third-order valence-electron chi connectivity index (χ3n) is 4.64. The molecule has 1 heterocycles. The number of aliphatic carboxylic acids is 1. The van der Waals surface area contributed by atoms with E-state index in [4.69, 9.17) is 5.11 Å². The van der Waals surface area contributed by atoms with Gasteiger partial charge in [-0.25, -0.2) is 4.79 Å². The summed E-state index contributed by atoms with van der Waals surface area (Å²) in [4.78, 5) is 24.9. The van der Waals surface area contributed by atoms with Gasteiger partial charge in [0, 0.05) is 19.1 Å². The SMILES string of the molecule is CC1CCCCC1NC(=O)N1C[C@@H](C)[C@H](C(=O)O)C1. The topological polar surface area (TPSA) is 69.6 Å². The molecule has 2 unspecified atom stereocenters. The van der Waals surface area contributed by atoms with Crippen LogP contribution in [-0.4, -0.2) is 41.1 Å². The molecule has 0 aromatic carbocycles. The Balaban J connectivity index is 1.88. The Bertz CT molecular complexity index is 359. The first-order valence-corrected chi connectivity index (χ1v) is 7.27. The number of amides is 2. The van der Waals surface area contributed by atoms with E-state index in [0.717, 1.165) is 6.42 Å². The van der Waals surface area contributed by atoms with Gasteiger partial charge >= 0.3 is 12.0 Å². The molecule has 5 nitrogen and oxygen atoms in total. The summed E-state index contributed by atoms with van der Waals surface area (Å²) in [5.41, 5.74) is 0. The van der Waals surface area contributed by atoms with Gasteiger partial charge in [0.15, 0.2) is 0 Å². The van der Waals surface area contributed by atoms with Crippen molar-refractivity contribution < 1.29 is 14.7 Å². The lowest BCUT2D eigenvalue weighted by atomic mass is 9.86. The minimum Gasteiger partial charge on any atom is -0.481 e. The Hall–Kier alpha value is -1.26. The van der Waals surface area contributed by atoms with E-state index >= 15 is 0 Å². The van der Waals surface area contributed by atoms with E-state index in [1.165, 1.54) is 19.3 Å². The second-order valence-electron chi connectivity index (χ2n) is 6.14. The summed E-state index contributed by atoms with van der Waals surface area (Å²) in [6, 6.07) is 0.162. The van der Waals surface area contributed by atoms with E-state index in [1.807, 2.05) is 6.92 Å². The van der Waals surface area contributed by atoms with E-state index in [1.54, 1.807) is 4.90 Å². The average Bonchev–Trinajstić information content (AvgIpc) is 2.74. The van der Waals surface area contributed by atoms with Crippen LogP contribution >= 0.6 is 0 Å². The van der Waals surface area contributed by atoms with Crippen LogP contribution in [0, 0.1) is 17.8 Å². The Morgan fingerprint density at radius 2 is 1.79 bits per heavy atom. The van der Waals surface area contributed by atoms with Crippen LogP contribution in [0.4, 0.5) is 4.79 Å². The van der Waals surface area contributed by atoms with Gasteiger partial charge in [-0.15, -0.1) is 0 Å². The molecular weight excluding hydrogens is 244 g/mol. The first kappa shape index (κ1) is 14.2. The number of carbonyl (C=O) groups is 2. The fourth-order valence-electron chi connectivity index (χ4n) is 3.23. The van der Waals surface area contributed by atoms with E-state index in [0.29, 0.717) is 19.0 Å². The molecule has 108 valence electrons. The van der Waals surface area contributed by atoms with Crippen molar-refractivity contribution in [1.82, 2.24) is 10.2 Å². The van der Waals surface area contributed by atoms with Gasteiger partial charge in [0.1, 0.15) is 0 Å². The molecule has 0 radical (unpaired) electrons. The van der Waals surface area contributed by atoms with Crippen LogP contribution in [0.15, 0.2) is 0 Å². The number of carboxylic acid groups (broad SMARTS) is 1. The van der Waals surface area contributed by atoms with Crippen molar-refractivity contribution in [3.05, 3.63) is 0 Å². The minimum atomic E-state index is -0.797. The van der Waals surface area contributed by atoms with Crippen LogP contribution < -0.4 is 5.32 Å². The molecule has 19 heavy (non-hydrogen) atoms. The van der Waals surface area contributed by atoms with Crippen molar-refractivity contribution in [2.75, 3.05) is 13.1 Å². The summed E-state index contributed by atoms with van der Waals surface area (Å²) in [6.07, 6.45) is 4.62. The number of hydrogen-bond donors (Lipinski definition) is 2. The average molecular weight is 268 g/mol. The molecule has 2 amide bonds. The molecule has 2 aliphatic rings. The number of nitrogens with zero attached hydrogens (tertiary/aromatic N) is 1. The summed E-state index contributed by atoms with van der Waals surface area (Å²) >= 11 is 0. The van der Waals surface area contributed by atoms with Crippen molar-refractivity contribution in [2.24, 2.45) is 17.8 Å². The van der Waals surface area contributed by atoms with Crippen LogP contribution in [0.5, 0.6) is 0 Å². The Kier molecular flexibility index (Phi) is 4.32. The van der Waals surface area contributed by atoms with Gasteiger partial charge in [-0.1, -0.05) is 26.7 Å². The Morgan fingerprint density at radius 3 is 2.37 bits per heavy atom. The lowest BCUT2D eigenvalue weighted by Crippen LogP contribution is -2.47. The van der Waals surface area contributed by atoms with Gasteiger partial charge in [-0.05, 0) is 24.7 Å². The van der Waals surface area contributed by atoms with E-state index in [-0.39, 0.29) is 18.0 Å². The normalized spacial score (nSPS) is 35.2. The number of nitrogens with one attached hydrogen (secondary N) is 1. The lowest BCUT2D eigenvalue weighted by molar-refractivity contribution is -0.142. The predicted molar refractivity (Wildman–Crippen MR) is 71.8 cm³/mol. The largest absolute Gasteiger partial charge is 0.481 e. The monoisotopic (exact) mass is 268 g/mol. The first-order valence-electron chi connectivity index (χ1n) is 7.27. The molecule has 0 aromatic heterocycles. The van der Waals surface area contributed by atoms with Crippen molar-refractivity contribution >= 4 is 12.0 Å². The molecule has 0 aromatic rings. The molecule has 1 saturated heterocycles. The highest BCUT2D eigenvalue weighted by Crippen LogP contribution is 2.26. The molecule has 1 aliphatic carbocycles. The summed E-state index contributed by atoms with van der Waals surface area (Å²) < 4.78 is 0. The zero-order chi connectivity index (χ0) is 14.0. The second-order valence-corrected chi connectivity index (χ2v) is 6.14. The van der Waals surface area contributed by atoms with Crippen LogP contribution in [0.1, 0.15) is 39.5 Å². The molecule has 4 atom stereocenters. The van der Waals surface area contributed by atoms with Crippen LogP contribution in [0.25, 0.3) is 0 Å². The zero-order valence-electron chi connectivity index (χ0n) is 11.8. The summed E-state index contributed by atoms with van der Waals surface area (Å²) in [6.45, 7) is 4.96. The molecular formula is C14H24N2O3. The lowest BCUT2D eigenvalue weighted by Gasteiger charge is -2.31. The summed E-state index contributed by atoms with van der Waals surface area (Å²) in [7, 11) is 0. The number of likely N-dealkylation sites (tertiary alicyclic amines) is 1. The third-order valence-corrected chi connectivity index (χ3v) is 4.64. The van der Waals surface area contributed by atoms with Crippen LogP contribution in [-0.2, 0) is 4.79 Å². The molecule has 2 rings (SSSR count). The van der Waals surface area contributed by atoms with Gasteiger partial charge in [0.2, 0.25) is 0 Å². The van der Waals surface area contributed by atoms with Crippen LogP contribution in [0.3, 0.4) is 0 Å². The Labute approximate surface area is 114 Å². The fraction of sp³-hybridized carbons (Fsp3) is 0.857. The van der Waals surface area contributed by atoms with Gasteiger partial charge in [-0.2, -0.15) is 0 Å². The maximum absolute atomic E-state index is 12.2. The summed E-state index contributed by atoms with van der Waals surface area (Å²) in [5.74, 6) is -0.664. The van der Waals surface area contributed by atoms with E-state index in [2.05, 4.69) is 12.2 Å². The Morgan fingerprint density at radius 1 is 1.11 bits per heavy atom. The van der Waals surface area contributed by atoms with E-state index in [9.17, 15) is 9.59 Å². The maximum atomic E-state index is 12.2. The minimum absolute atomic E-state index is 0.0343. The molecule has 1 saturated carbocycles. The highest BCUT2D eigenvalue weighted by molar-refractivity contribution is 5.77. The smallest absolute Gasteiger partial charge is 0.317 e. The highest BCUT2D eigenvalue weighted by atomic mass is 16.4. The van der Waals surface area contributed by atoms with Gasteiger partial charge in [0.05, 0.1) is 5.92 Å². The molecule has 1 aliphatic heterocycles. The molecule has 2 fully saturated rings. The highest BCUT2D eigenvalue weighted by Gasteiger charge is 2.37. The molecule has 0 bridgehead atoms. The van der Waals surface area contributed by atoms with Crippen LogP contribution in [0.2, 0.25) is 0 Å². The first-order chi connectivity index (χ1) is 8.99. The maximum Gasteiger partial charge on any atom is 0.317 e. The van der Waals surface area contributed by atoms with Crippen molar-refractivity contribution in [3.63, 3.8) is 0 Å². The number of carboxylic acids is 1. The number of urea groups is 1. The van der Waals surface area contributed by atoms with E-state index < -0.39 is 11.9 Å². The zero-order valence-corrected chi connectivity index (χ0v) is 11.8. The van der Waals surface area contributed by atoms with Crippen molar-refractivity contribution in [2.45, 2.75) is 45.6 Å². The molecule has 5 heteroatoms. The number of carbonyl (C=O) groups excluding carboxylic acids is 1.